The summed E-state index contributed by atoms with van der Waals surface area (Å²) in [5.41, 5.74) is 4.86. The van der Waals surface area contributed by atoms with Crippen LogP contribution in [-0.2, 0) is 7.05 Å². The molecule has 0 aliphatic carbocycles. The highest BCUT2D eigenvalue weighted by atomic mass is 15.0. The van der Waals surface area contributed by atoms with Crippen LogP contribution >= 0.6 is 0 Å². The lowest BCUT2D eigenvalue weighted by Crippen LogP contribution is -1.93. The molecule has 1 aromatic rings. The molecule has 0 unspecified atom stereocenters. The molecule has 0 saturated heterocycles. The average molecular weight is 273 g/mol. The molecule has 0 aliphatic heterocycles. The molecule has 1 heterocycles. The van der Waals surface area contributed by atoms with Gasteiger partial charge in [0.2, 0.25) is 0 Å². The lowest BCUT2D eigenvalue weighted by atomic mass is 10.1. The van der Waals surface area contributed by atoms with Crippen LogP contribution in [0.5, 0.6) is 0 Å². The van der Waals surface area contributed by atoms with Crippen LogP contribution in [-0.4, -0.2) is 4.57 Å². The van der Waals surface area contributed by atoms with Crippen molar-refractivity contribution in [1.82, 2.24) is 4.57 Å². The summed E-state index contributed by atoms with van der Waals surface area (Å²) in [6.07, 6.45) is 11.9. The van der Waals surface area contributed by atoms with E-state index in [4.69, 9.17) is 0 Å². The minimum absolute atomic E-state index is 1.15. The summed E-state index contributed by atoms with van der Waals surface area (Å²) in [6, 6.07) is 0. The largest absolute Gasteiger partial charge is 0.344 e. The summed E-state index contributed by atoms with van der Waals surface area (Å²) in [7, 11) is 2.06. The fourth-order valence-electron chi connectivity index (χ4n) is 1.91. The van der Waals surface area contributed by atoms with E-state index in [1.807, 2.05) is 46.8 Å². The standard InChI is InChI=1S/C15H19N.2C2H6/c1-6-9-11-15-12(4)13(10-7-2)14(8-3)16(15)5;2*1-2/h6-11H,1,3H2,2,4-5H3;2*1-2H3/b10-7-,11-9-;;. The van der Waals surface area contributed by atoms with Gasteiger partial charge in [-0.2, -0.15) is 0 Å². The molecule has 0 bridgehead atoms. The molecule has 0 atom stereocenters. The maximum Gasteiger partial charge on any atom is 0.0479 e. The molecule has 1 nitrogen and oxygen atoms in total. The van der Waals surface area contributed by atoms with Gasteiger partial charge in [0.25, 0.3) is 0 Å². The van der Waals surface area contributed by atoms with E-state index < -0.39 is 0 Å². The highest BCUT2D eigenvalue weighted by Gasteiger charge is 2.11. The second kappa shape index (κ2) is 12.3. The molecule has 1 aromatic heterocycles. The minimum Gasteiger partial charge on any atom is -0.344 e. The van der Waals surface area contributed by atoms with Crippen molar-refractivity contribution in [3.05, 3.63) is 53.9 Å². The Morgan fingerprint density at radius 3 is 1.90 bits per heavy atom. The van der Waals surface area contributed by atoms with Crippen molar-refractivity contribution in [2.75, 3.05) is 0 Å². The molecule has 20 heavy (non-hydrogen) atoms. The van der Waals surface area contributed by atoms with Crippen LogP contribution in [0.1, 0.15) is 57.1 Å². The van der Waals surface area contributed by atoms with Gasteiger partial charge in [-0.1, -0.05) is 65.2 Å². The smallest absolute Gasteiger partial charge is 0.0479 e. The zero-order valence-corrected chi connectivity index (χ0v) is 14.3. The molecule has 0 fully saturated rings. The summed E-state index contributed by atoms with van der Waals surface area (Å²) in [4.78, 5) is 0. The van der Waals surface area contributed by atoms with E-state index in [-0.39, 0.29) is 0 Å². The Labute approximate surface area is 126 Å². The first-order valence-electron chi connectivity index (χ1n) is 7.40. The lowest BCUT2D eigenvalue weighted by molar-refractivity contribution is 0.899. The molecule has 112 valence electrons. The Bertz CT molecular complexity index is 457. The van der Waals surface area contributed by atoms with Crippen molar-refractivity contribution in [3.8, 4) is 0 Å². The van der Waals surface area contributed by atoms with E-state index in [9.17, 15) is 0 Å². The molecule has 0 amide bonds. The SMILES string of the molecule is C=C/C=C\c1c(C)c(/C=C\C)c(C=C)n1C.CC.CC. The highest BCUT2D eigenvalue weighted by molar-refractivity contribution is 5.71. The van der Waals surface area contributed by atoms with Crippen LogP contribution in [0.15, 0.2) is 31.4 Å². The van der Waals surface area contributed by atoms with Crippen LogP contribution < -0.4 is 0 Å². The van der Waals surface area contributed by atoms with E-state index in [0.717, 1.165) is 5.69 Å². The van der Waals surface area contributed by atoms with Gasteiger partial charge in [0.05, 0.1) is 0 Å². The Kier molecular flexibility index (Phi) is 12.6. The minimum atomic E-state index is 1.15. The van der Waals surface area contributed by atoms with Gasteiger partial charge in [-0.15, -0.1) is 0 Å². The van der Waals surface area contributed by atoms with Gasteiger partial charge < -0.3 is 4.57 Å². The Balaban J connectivity index is 0. The fraction of sp³-hybridized carbons (Fsp3) is 0.368. The summed E-state index contributed by atoms with van der Waals surface area (Å²) >= 11 is 0. The normalized spacial score (nSPS) is 9.75. The Morgan fingerprint density at radius 1 is 0.950 bits per heavy atom. The van der Waals surface area contributed by atoms with Crippen LogP contribution in [0.25, 0.3) is 18.2 Å². The molecule has 0 N–H and O–H groups in total. The second-order valence-corrected chi connectivity index (χ2v) is 3.67. The third kappa shape index (κ3) is 5.08. The molecule has 1 heteroatoms. The zero-order valence-electron chi connectivity index (χ0n) is 14.3. The van der Waals surface area contributed by atoms with Gasteiger partial charge in [-0.05, 0) is 31.6 Å². The van der Waals surface area contributed by atoms with E-state index in [0.29, 0.717) is 0 Å². The molecular weight excluding hydrogens is 242 g/mol. The highest BCUT2D eigenvalue weighted by Crippen LogP contribution is 2.25. The predicted octanol–water partition coefficient (Wildman–Crippen LogP) is 6.26. The van der Waals surface area contributed by atoms with Crippen LogP contribution in [0, 0.1) is 6.92 Å². The van der Waals surface area contributed by atoms with E-state index in [1.54, 1.807) is 6.08 Å². The van der Waals surface area contributed by atoms with Gasteiger partial charge in [0, 0.05) is 24.0 Å². The van der Waals surface area contributed by atoms with Gasteiger partial charge in [-0.25, -0.2) is 0 Å². The molecule has 0 saturated carbocycles. The van der Waals surface area contributed by atoms with E-state index in [2.05, 4.69) is 49.9 Å². The third-order valence-electron chi connectivity index (χ3n) is 2.70. The summed E-state index contributed by atoms with van der Waals surface area (Å²) < 4.78 is 2.15. The topological polar surface area (TPSA) is 4.93 Å². The number of hydrogen-bond donors (Lipinski definition) is 0. The molecule has 0 spiro atoms. The Hall–Kier alpha value is -1.76. The summed E-state index contributed by atoms with van der Waals surface area (Å²) in [6.45, 7) is 19.7. The van der Waals surface area contributed by atoms with Gasteiger partial charge >= 0.3 is 0 Å². The van der Waals surface area contributed by atoms with E-state index in [1.165, 1.54) is 16.8 Å². The number of nitrogens with zero attached hydrogens (tertiary/aromatic N) is 1. The van der Waals surface area contributed by atoms with Crippen molar-refractivity contribution in [2.45, 2.75) is 41.5 Å². The van der Waals surface area contributed by atoms with Crippen molar-refractivity contribution < 1.29 is 0 Å². The van der Waals surface area contributed by atoms with Gasteiger partial charge in [0.1, 0.15) is 0 Å². The maximum absolute atomic E-state index is 3.87. The monoisotopic (exact) mass is 273 g/mol. The number of rotatable bonds is 4. The number of aromatic nitrogens is 1. The van der Waals surface area contributed by atoms with Crippen LogP contribution in [0.4, 0.5) is 0 Å². The first-order valence-corrected chi connectivity index (χ1v) is 7.40. The van der Waals surface area contributed by atoms with Crippen LogP contribution in [0.2, 0.25) is 0 Å². The van der Waals surface area contributed by atoms with Crippen molar-refractivity contribution in [3.63, 3.8) is 0 Å². The molecule has 1 rings (SSSR count). The number of hydrogen-bond acceptors (Lipinski definition) is 0. The van der Waals surface area contributed by atoms with Crippen molar-refractivity contribution >= 4 is 18.2 Å². The van der Waals surface area contributed by atoms with Crippen LogP contribution in [0.3, 0.4) is 0 Å². The molecular formula is C19H31N. The first-order chi connectivity index (χ1) is 9.67. The van der Waals surface area contributed by atoms with Gasteiger partial charge in [-0.3, -0.25) is 0 Å². The summed E-state index contributed by atoms with van der Waals surface area (Å²) in [5, 5.41) is 0. The fourth-order valence-corrected chi connectivity index (χ4v) is 1.91. The van der Waals surface area contributed by atoms with Gasteiger partial charge in [0.15, 0.2) is 0 Å². The summed E-state index contributed by atoms with van der Waals surface area (Å²) in [5.74, 6) is 0. The molecule has 0 radical (unpaired) electrons. The lowest BCUT2D eigenvalue weighted by Gasteiger charge is -2.00. The third-order valence-corrected chi connectivity index (χ3v) is 2.70. The zero-order chi connectivity index (χ0) is 16.1. The second-order valence-electron chi connectivity index (χ2n) is 3.67. The van der Waals surface area contributed by atoms with E-state index >= 15 is 0 Å². The predicted molar refractivity (Wildman–Crippen MR) is 96.9 cm³/mol. The Morgan fingerprint density at radius 2 is 1.50 bits per heavy atom. The maximum atomic E-state index is 3.87. The quantitative estimate of drug-likeness (QED) is 0.570. The van der Waals surface area contributed by atoms with Crippen molar-refractivity contribution in [1.29, 1.82) is 0 Å². The first kappa shape index (κ1) is 20.6. The molecule has 0 aliphatic rings. The number of allylic oxidation sites excluding steroid dienone is 3. The average Bonchev–Trinajstić information content (AvgIpc) is 2.72. The van der Waals surface area contributed by atoms with Crippen molar-refractivity contribution in [2.24, 2.45) is 7.05 Å². The molecule has 0 aromatic carbocycles.